The lowest BCUT2D eigenvalue weighted by Crippen LogP contribution is -1.84. The Hall–Kier alpha value is -2.34. The summed E-state index contributed by atoms with van der Waals surface area (Å²) in [4.78, 5) is 5.11. The summed E-state index contributed by atoms with van der Waals surface area (Å²) in [5, 5.41) is 13.9. The van der Waals surface area contributed by atoms with Gasteiger partial charge >= 0.3 is 0 Å². The van der Waals surface area contributed by atoms with E-state index in [1.54, 1.807) is 6.07 Å². The van der Waals surface area contributed by atoms with Crippen LogP contribution in [-0.2, 0) is 0 Å². The van der Waals surface area contributed by atoms with Crippen molar-refractivity contribution in [2.45, 2.75) is 0 Å². The molecule has 0 heterocycles. The molecule has 0 unspecified atom stereocenters. The molecule has 0 aliphatic rings. The van der Waals surface area contributed by atoms with Crippen LogP contribution in [0.5, 0.6) is 5.75 Å². The predicted octanol–water partition coefficient (Wildman–Crippen LogP) is 2.73. The van der Waals surface area contributed by atoms with Gasteiger partial charge in [-0.15, -0.1) is 0 Å². The first-order chi connectivity index (χ1) is 7.42. The Morgan fingerprint density at radius 1 is 1.13 bits per heavy atom. The van der Waals surface area contributed by atoms with E-state index >= 15 is 0 Å². The molecule has 2 aromatic rings. The average Bonchev–Trinajstić information content (AvgIpc) is 2.30. The van der Waals surface area contributed by atoms with Crippen LogP contribution in [0.15, 0.2) is 47.6 Å². The molecule has 0 aromatic heterocycles. The Balaban J connectivity index is 2.43. The summed E-state index contributed by atoms with van der Waals surface area (Å²) in [5.74, 6) is 0.652. The minimum Gasteiger partial charge on any atom is -0.356 e. The maximum atomic E-state index is 8.28. The molecule has 0 N–H and O–H groups in total. The molecule has 0 aliphatic carbocycles. The largest absolute Gasteiger partial charge is 0.356 e. The van der Waals surface area contributed by atoms with Crippen LogP contribution in [0.1, 0.15) is 0 Å². The fourth-order valence-electron chi connectivity index (χ4n) is 1.38. The van der Waals surface area contributed by atoms with Gasteiger partial charge in [0.25, 0.3) is 0 Å². The third kappa shape index (κ3) is 1.94. The fourth-order valence-corrected chi connectivity index (χ4v) is 1.38. The maximum Gasteiger partial charge on any atom is 0.165 e. The number of rotatable bonds is 2. The molecule has 2 rings (SSSR count). The van der Waals surface area contributed by atoms with E-state index in [0.717, 1.165) is 17.0 Å². The second kappa shape index (κ2) is 4.25. The Morgan fingerprint density at radius 2 is 1.93 bits per heavy atom. The van der Waals surface area contributed by atoms with Gasteiger partial charge < -0.3 is 4.84 Å². The van der Waals surface area contributed by atoms with E-state index in [-0.39, 0.29) is 0 Å². The first-order valence-electron chi connectivity index (χ1n) is 4.48. The second-order valence-electron chi connectivity index (χ2n) is 2.93. The van der Waals surface area contributed by atoms with Gasteiger partial charge in [-0.25, -0.2) is 0 Å². The summed E-state index contributed by atoms with van der Waals surface area (Å²) in [5.41, 5.74) is 0. The van der Waals surface area contributed by atoms with Crippen molar-refractivity contribution >= 4 is 17.0 Å². The van der Waals surface area contributed by atoms with Gasteiger partial charge in [0.15, 0.2) is 5.75 Å². The van der Waals surface area contributed by atoms with Crippen molar-refractivity contribution in [2.75, 3.05) is 0 Å². The van der Waals surface area contributed by atoms with Gasteiger partial charge in [-0.3, -0.25) is 0 Å². The molecule has 2 aromatic carbocycles. The minimum atomic E-state index is 0.652. The normalized spacial score (nSPS) is 10.3. The number of hydrogen-bond acceptors (Lipinski definition) is 3. The monoisotopic (exact) mass is 196 g/mol. The molecule has 3 nitrogen and oxygen atoms in total. The molecule has 0 saturated heterocycles. The van der Waals surface area contributed by atoms with Gasteiger partial charge in [0.1, 0.15) is 12.3 Å². The van der Waals surface area contributed by atoms with E-state index in [4.69, 9.17) is 10.1 Å². The quantitative estimate of drug-likeness (QED) is 0.547. The highest BCUT2D eigenvalue weighted by Gasteiger charge is 1.99. The summed E-state index contributed by atoms with van der Waals surface area (Å²) in [6.07, 6.45) is 1.06. The van der Waals surface area contributed by atoms with Crippen molar-refractivity contribution in [3.8, 4) is 11.8 Å². The van der Waals surface area contributed by atoms with Crippen molar-refractivity contribution in [1.82, 2.24) is 0 Å². The third-order valence-electron chi connectivity index (χ3n) is 2.01. The number of nitriles is 1. The van der Waals surface area contributed by atoms with Crippen molar-refractivity contribution in [3.63, 3.8) is 0 Å². The molecule has 0 bridgehead atoms. The fraction of sp³-hybridized carbons (Fsp3) is 0. The van der Waals surface area contributed by atoms with E-state index in [1.165, 1.54) is 0 Å². The summed E-state index contributed by atoms with van der Waals surface area (Å²) < 4.78 is 0. The first-order valence-corrected chi connectivity index (χ1v) is 4.48. The van der Waals surface area contributed by atoms with E-state index in [2.05, 4.69) is 5.16 Å². The van der Waals surface area contributed by atoms with E-state index in [9.17, 15) is 0 Å². The molecular formula is C12H8N2O. The zero-order valence-electron chi connectivity index (χ0n) is 7.92. The Labute approximate surface area is 87.2 Å². The lowest BCUT2D eigenvalue weighted by molar-refractivity contribution is 0.348. The van der Waals surface area contributed by atoms with Gasteiger partial charge in [0.2, 0.25) is 0 Å². The molecule has 72 valence electrons. The Morgan fingerprint density at radius 3 is 2.80 bits per heavy atom. The molecule has 15 heavy (non-hydrogen) atoms. The van der Waals surface area contributed by atoms with Gasteiger partial charge in [0, 0.05) is 5.39 Å². The Kier molecular flexibility index (Phi) is 2.61. The van der Waals surface area contributed by atoms with E-state index in [1.807, 2.05) is 42.5 Å². The molecule has 0 amide bonds. The highest BCUT2D eigenvalue weighted by molar-refractivity contribution is 5.88. The highest BCUT2D eigenvalue weighted by atomic mass is 16.6. The second-order valence-corrected chi connectivity index (χ2v) is 2.93. The average molecular weight is 196 g/mol. The molecule has 0 atom stereocenters. The topological polar surface area (TPSA) is 45.4 Å². The molecule has 0 radical (unpaired) electrons. The van der Waals surface area contributed by atoms with Gasteiger partial charge in [0.05, 0.1) is 0 Å². The number of benzene rings is 2. The number of nitrogens with zero attached hydrogens (tertiary/aromatic N) is 2. The smallest absolute Gasteiger partial charge is 0.165 e. The lowest BCUT2D eigenvalue weighted by Gasteiger charge is -2.02. The van der Waals surface area contributed by atoms with Crippen molar-refractivity contribution in [3.05, 3.63) is 42.5 Å². The van der Waals surface area contributed by atoms with Crippen LogP contribution >= 0.6 is 0 Å². The maximum absolute atomic E-state index is 8.28. The zero-order chi connectivity index (χ0) is 10.5. The molecule has 0 spiro atoms. The zero-order valence-corrected chi connectivity index (χ0v) is 7.92. The molecular weight excluding hydrogens is 188 g/mol. The lowest BCUT2D eigenvalue weighted by atomic mass is 10.1. The van der Waals surface area contributed by atoms with Crippen LogP contribution in [0, 0.1) is 11.3 Å². The molecule has 0 aliphatic heterocycles. The molecule has 3 heteroatoms. The van der Waals surface area contributed by atoms with Crippen LogP contribution in [0.3, 0.4) is 0 Å². The summed E-state index contributed by atoms with van der Waals surface area (Å²) >= 11 is 0. The van der Waals surface area contributed by atoms with Gasteiger partial charge in [-0.1, -0.05) is 41.6 Å². The summed E-state index contributed by atoms with van der Waals surface area (Å²) in [7, 11) is 0. The SMILES string of the molecule is N#CC=NOc1cccc2ccccc12. The van der Waals surface area contributed by atoms with Crippen molar-refractivity contribution in [2.24, 2.45) is 5.16 Å². The number of fused-ring (bicyclic) bond motifs is 1. The highest BCUT2D eigenvalue weighted by Crippen LogP contribution is 2.24. The summed E-state index contributed by atoms with van der Waals surface area (Å²) in [6, 6.07) is 15.3. The van der Waals surface area contributed by atoms with E-state index < -0.39 is 0 Å². The number of oxime groups is 1. The van der Waals surface area contributed by atoms with E-state index in [0.29, 0.717) is 5.75 Å². The third-order valence-corrected chi connectivity index (χ3v) is 2.01. The predicted molar refractivity (Wildman–Crippen MR) is 58.7 cm³/mol. The first kappa shape index (κ1) is 9.22. The molecule has 0 fully saturated rings. The van der Waals surface area contributed by atoms with Crippen LogP contribution in [0.25, 0.3) is 10.8 Å². The molecule has 0 saturated carbocycles. The van der Waals surface area contributed by atoms with Crippen LogP contribution in [0.2, 0.25) is 0 Å². The Bertz CT molecular complexity index is 535. The van der Waals surface area contributed by atoms with Crippen LogP contribution < -0.4 is 4.84 Å². The standard InChI is InChI=1S/C12H8N2O/c13-8-9-14-15-12-7-3-5-10-4-1-2-6-11(10)12/h1-7,9H. The van der Waals surface area contributed by atoms with Crippen LogP contribution in [-0.4, -0.2) is 6.21 Å². The van der Waals surface area contributed by atoms with Crippen LogP contribution in [0.4, 0.5) is 0 Å². The van der Waals surface area contributed by atoms with Gasteiger partial charge in [-0.05, 0) is 11.5 Å². The van der Waals surface area contributed by atoms with Crippen molar-refractivity contribution < 1.29 is 4.84 Å². The number of hydrogen-bond donors (Lipinski definition) is 0. The van der Waals surface area contributed by atoms with Crippen molar-refractivity contribution in [1.29, 1.82) is 5.26 Å². The summed E-state index contributed by atoms with van der Waals surface area (Å²) in [6.45, 7) is 0. The minimum absolute atomic E-state index is 0.652. The van der Waals surface area contributed by atoms with Gasteiger partial charge in [-0.2, -0.15) is 5.26 Å².